The molecule has 7 nitrogen and oxygen atoms in total. The van der Waals surface area contributed by atoms with Crippen LogP contribution in [-0.2, 0) is 9.47 Å². The number of H-pyrrole nitrogens is 1. The molecule has 8 heteroatoms. The van der Waals surface area contributed by atoms with Crippen LogP contribution in [0.15, 0.2) is 16.9 Å². The Labute approximate surface area is 130 Å². The standard InChI is InChI=1S/C14H13ClN2O5/c1-3-21-13(19)9-10(14(20)22-4-2)17-12-7(11(9)18)5-6-8(15)16-12/h5-6H,3-4H2,1-2H3,(H,16,17,18). The van der Waals surface area contributed by atoms with Crippen LogP contribution in [0, 0.1) is 0 Å². The first kappa shape index (κ1) is 16.0. The lowest BCUT2D eigenvalue weighted by Gasteiger charge is -2.09. The van der Waals surface area contributed by atoms with Crippen LogP contribution in [0.4, 0.5) is 0 Å². The minimum atomic E-state index is -0.899. The van der Waals surface area contributed by atoms with Crippen LogP contribution in [-0.4, -0.2) is 35.1 Å². The summed E-state index contributed by atoms with van der Waals surface area (Å²) in [6.07, 6.45) is 0. The largest absolute Gasteiger partial charge is 0.462 e. The van der Waals surface area contributed by atoms with Crippen molar-refractivity contribution in [1.82, 2.24) is 9.97 Å². The summed E-state index contributed by atoms with van der Waals surface area (Å²) in [6, 6.07) is 2.83. The summed E-state index contributed by atoms with van der Waals surface area (Å²) < 4.78 is 9.69. The van der Waals surface area contributed by atoms with Crippen LogP contribution in [0.3, 0.4) is 0 Å². The topological polar surface area (TPSA) is 98.4 Å². The van der Waals surface area contributed by atoms with Gasteiger partial charge >= 0.3 is 11.9 Å². The summed E-state index contributed by atoms with van der Waals surface area (Å²) in [6.45, 7) is 3.36. The summed E-state index contributed by atoms with van der Waals surface area (Å²) in [4.78, 5) is 43.0. The molecule has 0 saturated heterocycles. The van der Waals surface area contributed by atoms with Crippen LogP contribution >= 0.6 is 11.6 Å². The van der Waals surface area contributed by atoms with Crippen LogP contribution in [0.1, 0.15) is 34.7 Å². The van der Waals surface area contributed by atoms with Crippen molar-refractivity contribution in [3.8, 4) is 0 Å². The molecule has 2 heterocycles. The molecule has 0 unspecified atom stereocenters. The lowest BCUT2D eigenvalue weighted by Crippen LogP contribution is -2.25. The van der Waals surface area contributed by atoms with Crippen molar-refractivity contribution in [2.75, 3.05) is 13.2 Å². The van der Waals surface area contributed by atoms with Crippen molar-refractivity contribution in [3.05, 3.63) is 38.8 Å². The molecule has 0 saturated carbocycles. The van der Waals surface area contributed by atoms with Crippen LogP contribution < -0.4 is 5.43 Å². The van der Waals surface area contributed by atoms with Gasteiger partial charge in [-0.25, -0.2) is 14.6 Å². The number of fused-ring (bicyclic) bond motifs is 1. The van der Waals surface area contributed by atoms with E-state index in [4.69, 9.17) is 21.1 Å². The molecule has 0 amide bonds. The van der Waals surface area contributed by atoms with Crippen LogP contribution in [0.25, 0.3) is 11.0 Å². The van der Waals surface area contributed by atoms with Gasteiger partial charge in [-0.15, -0.1) is 0 Å². The number of aromatic nitrogens is 2. The maximum atomic E-state index is 12.5. The van der Waals surface area contributed by atoms with E-state index in [-0.39, 0.29) is 35.1 Å². The number of rotatable bonds is 4. The number of nitrogens with one attached hydrogen (secondary N) is 1. The van der Waals surface area contributed by atoms with Crippen molar-refractivity contribution >= 4 is 34.6 Å². The number of nitrogens with zero attached hydrogens (tertiary/aromatic N) is 1. The van der Waals surface area contributed by atoms with E-state index in [1.165, 1.54) is 12.1 Å². The van der Waals surface area contributed by atoms with Gasteiger partial charge in [0.05, 0.1) is 18.6 Å². The minimum Gasteiger partial charge on any atom is -0.462 e. The Balaban J connectivity index is 2.77. The summed E-state index contributed by atoms with van der Waals surface area (Å²) in [5.74, 6) is -1.74. The highest BCUT2D eigenvalue weighted by molar-refractivity contribution is 6.29. The first-order chi connectivity index (χ1) is 10.5. The maximum absolute atomic E-state index is 12.5. The third-order valence-electron chi connectivity index (χ3n) is 2.79. The Morgan fingerprint density at radius 2 is 1.82 bits per heavy atom. The average Bonchev–Trinajstić information content (AvgIpc) is 2.47. The lowest BCUT2D eigenvalue weighted by molar-refractivity contribution is 0.0472. The molecule has 0 bridgehead atoms. The van der Waals surface area contributed by atoms with E-state index in [1.54, 1.807) is 13.8 Å². The van der Waals surface area contributed by atoms with Crippen LogP contribution in [0.2, 0.25) is 5.15 Å². The van der Waals surface area contributed by atoms with E-state index in [0.717, 1.165) is 0 Å². The molecular weight excluding hydrogens is 312 g/mol. The summed E-state index contributed by atoms with van der Waals surface area (Å²) >= 11 is 5.78. The smallest absolute Gasteiger partial charge is 0.355 e. The van der Waals surface area contributed by atoms with Crippen molar-refractivity contribution < 1.29 is 19.1 Å². The third kappa shape index (κ3) is 2.94. The van der Waals surface area contributed by atoms with E-state index in [9.17, 15) is 14.4 Å². The van der Waals surface area contributed by atoms with Gasteiger partial charge in [0.15, 0.2) is 0 Å². The van der Waals surface area contributed by atoms with Gasteiger partial charge in [0.25, 0.3) is 0 Å². The van der Waals surface area contributed by atoms with E-state index in [0.29, 0.717) is 0 Å². The molecule has 0 aliphatic rings. The van der Waals surface area contributed by atoms with Gasteiger partial charge < -0.3 is 14.5 Å². The number of esters is 2. The summed E-state index contributed by atoms with van der Waals surface area (Å²) in [7, 11) is 0. The number of hydrogen-bond acceptors (Lipinski definition) is 6. The van der Waals surface area contributed by atoms with Gasteiger partial charge in [-0.1, -0.05) is 11.6 Å². The third-order valence-corrected chi connectivity index (χ3v) is 3.00. The fraction of sp³-hybridized carbons (Fsp3) is 0.286. The molecule has 0 spiro atoms. The molecule has 0 aliphatic carbocycles. The normalized spacial score (nSPS) is 10.5. The van der Waals surface area contributed by atoms with E-state index in [2.05, 4.69) is 9.97 Å². The molecule has 0 atom stereocenters. The highest BCUT2D eigenvalue weighted by Crippen LogP contribution is 2.15. The Morgan fingerprint density at radius 1 is 1.18 bits per heavy atom. The fourth-order valence-electron chi connectivity index (χ4n) is 1.90. The molecule has 2 aromatic rings. The minimum absolute atomic E-state index is 0.0669. The van der Waals surface area contributed by atoms with Gasteiger partial charge in [0.1, 0.15) is 22.1 Å². The predicted molar refractivity (Wildman–Crippen MR) is 79.3 cm³/mol. The first-order valence-electron chi connectivity index (χ1n) is 6.56. The number of carbonyl (C=O) groups excluding carboxylic acids is 2. The molecule has 0 radical (unpaired) electrons. The zero-order valence-corrected chi connectivity index (χ0v) is 12.7. The van der Waals surface area contributed by atoms with E-state index < -0.39 is 22.9 Å². The number of hydrogen-bond donors (Lipinski definition) is 1. The summed E-state index contributed by atoms with van der Waals surface area (Å²) in [5, 5.41) is 0.266. The van der Waals surface area contributed by atoms with Crippen molar-refractivity contribution in [3.63, 3.8) is 0 Å². The first-order valence-corrected chi connectivity index (χ1v) is 6.94. The highest BCUT2D eigenvalue weighted by Gasteiger charge is 2.25. The fourth-order valence-corrected chi connectivity index (χ4v) is 2.04. The second kappa shape index (κ2) is 6.57. The van der Waals surface area contributed by atoms with Gasteiger partial charge in [0.2, 0.25) is 5.43 Å². The van der Waals surface area contributed by atoms with Crippen LogP contribution in [0.5, 0.6) is 0 Å². The molecular formula is C14H13ClN2O5. The molecule has 0 fully saturated rings. The monoisotopic (exact) mass is 324 g/mol. The highest BCUT2D eigenvalue weighted by atomic mass is 35.5. The van der Waals surface area contributed by atoms with Gasteiger partial charge in [-0.3, -0.25) is 4.79 Å². The number of ether oxygens (including phenoxy) is 2. The Hall–Kier alpha value is -2.41. The Bertz CT molecular complexity index is 800. The second-order valence-corrected chi connectivity index (χ2v) is 4.56. The predicted octanol–water partition coefficient (Wildman–Crippen LogP) is 1.93. The Morgan fingerprint density at radius 3 is 2.45 bits per heavy atom. The van der Waals surface area contributed by atoms with E-state index >= 15 is 0 Å². The number of halogens is 1. The second-order valence-electron chi connectivity index (χ2n) is 4.18. The molecule has 1 N–H and O–H groups in total. The Kier molecular flexibility index (Phi) is 4.77. The number of aromatic amines is 1. The van der Waals surface area contributed by atoms with E-state index in [1.807, 2.05) is 0 Å². The summed E-state index contributed by atoms with van der Waals surface area (Å²) in [5.41, 5.74) is -1.28. The zero-order chi connectivity index (χ0) is 16.3. The number of pyridine rings is 2. The van der Waals surface area contributed by atoms with Gasteiger partial charge in [-0.2, -0.15) is 0 Å². The quantitative estimate of drug-likeness (QED) is 0.681. The molecule has 22 heavy (non-hydrogen) atoms. The molecule has 116 valence electrons. The maximum Gasteiger partial charge on any atom is 0.355 e. The zero-order valence-electron chi connectivity index (χ0n) is 11.9. The molecule has 2 rings (SSSR count). The molecule has 0 aromatic carbocycles. The van der Waals surface area contributed by atoms with Crippen molar-refractivity contribution in [2.24, 2.45) is 0 Å². The number of carbonyl (C=O) groups is 2. The average molecular weight is 325 g/mol. The SMILES string of the molecule is CCOC(=O)c1[nH]c2nc(Cl)ccc2c(=O)c1C(=O)OCC. The van der Waals surface area contributed by atoms with Crippen molar-refractivity contribution in [2.45, 2.75) is 13.8 Å². The lowest BCUT2D eigenvalue weighted by atomic mass is 10.1. The molecule has 2 aromatic heterocycles. The van der Waals surface area contributed by atoms with Crippen molar-refractivity contribution in [1.29, 1.82) is 0 Å². The van der Waals surface area contributed by atoms with Gasteiger partial charge in [-0.05, 0) is 26.0 Å². The molecule has 0 aliphatic heterocycles. The van der Waals surface area contributed by atoms with Gasteiger partial charge in [0, 0.05) is 0 Å².